The molecule has 3 aromatic heterocycles. The van der Waals surface area contributed by atoms with Crippen LogP contribution in [0.15, 0.2) is 128 Å². The Balaban J connectivity index is 0.000000187. The second kappa shape index (κ2) is 14.0. The molecule has 1 radical (unpaired) electrons. The van der Waals surface area contributed by atoms with Crippen molar-refractivity contribution in [2.75, 3.05) is 0 Å². The molecule has 0 aliphatic rings. The van der Waals surface area contributed by atoms with Gasteiger partial charge in [0.1, 0.15) is 9.84 Å². The van der Waals surface area contributed by atoms with E-state index in [1.807, 2.05) is 118 Å². The fraction of sp³-hybridized carbons (Fsp3) is 0.132. The van der Waals surface area contributed by atoms with Gasteiger partial charge in [-0.1, -0.05) is 92.8 Å². The molecule has 0 aliphatic heterocycles. The maximum Gasteiger partial charge on any atom is 0.180 e. The number of imidazole rings is 1. The minimum atomic E-state index is -1.40. The van der Waals surface area contributed by atoms with Crippen LogP contribution in [0.3, 0.4) is 0 Å². The molecule has 0 atom stereocenters. The predicted molar refractivity (Wildman–Crippen MR) is 178 cm³/mol. The minimum absolute atomic E-state index is 0. The second-order valence-electron chi connectivity index (χ2n) is 11.0. The van der Waals surface area contributed by atoms with Gasteiger partial charge in [-0.3, -0.25) is 4.98 Å². The molecule has 7 rings (SSSR count). The number of hydrogen-bond donors (Lipinski definition) is 0. The van der Waals surface area contributed by atoms with E-state index in [0.29, 0.717) is 5.56 Å². The van der Waals surface area contributed by atoms with Crippen LogP contribution in [0.2, 0.25) is 0 Å². The van der Waals surface area contributed by atoms with Crippen molar-refractivity contribution in [1.29, 1.82) is 0 Å². The van der Waals surface area contributed by atoms with Crippen LogP contribution in [-0.2, 0) is 26.5 Å². The summed E-state index contributed by atoms with van der Waals surface area (Å²) in [5, 5.41) is 0.983. The molecule has 0 saturated heterocycles. The van der Waals surface area contributed by atoms with Gasteiger partial charge in [-0.2, -0.15) is 0 Å². The monoisotopic (exact) mass is 771 g/mol. The largest absolute Gasteiger partial charge is 0.323 e. The molecule has 44 heavy (non-hydrogen) atoms. The summed E-state index contributed by atoms with van der Waals surface area (Å²) >= 11 is 1.66. The topological polar surface area (TPSA) is 43.6 Å². The van der Waals surface area contributed by atoms with Crippen LogP contribution in [0.5, 0.6) is 0 Å². The number of rotatable bonds is 5. The Kier molecular flexibility index (Phi) is 9.11. The summed E-state index contributed by atoms with van der Waals surface area (Å²) in [6, 6.07) is 46.2. The van der Waals surface area contributed by atoms with Crippen LogP contribution in [0.4, 0.5) is 0 Å². The van der Waals surface area contributed by atoms with Gasteiger partial charge < -0.3 is 9.55 Å². The average Bonchev–Trinajstić information content (AvgIpc) is 3.65. The zero-order valence-electron chi connectivity index (χ0n) is 26.7. The van der Waals surface area contributed by atoms with Crippen LogP contribution >= 0.6 is 11.3 Å². The van der Waals surface area contributed by atoms with Crippen LogP contribution in [0.1, 0.15) is 29.1 Å². The van der Waals surface area contributed by atoms with E-state index in [4.69, 9.17) is 12.7 Å². The first kappa shape index (κ1) is 28.5. The van der Waals surface area contributed by atoms with Crippen LogP contribution < -0.4 is 0 Å². The molecule has 0 spiro atoms. The molecular weight excluding hydrogens is 737 g/mol. The van der Waals surface area contributed by atoms with Gasteiger partial charge >= 0.3 is 0 Å². The first-order valence-corrected chi connectivity index (χ1v) is 14.9. The molecular formula is C38H32IrN4S-2. The van der Waals surface area contributed by atoms with Crippen LogP contribution in [0.25, 0.3) is 49.4 Å². The molecule has 6 heteroatoms. The van der Waals surface area contributed by atoms with E-state index in [9.17, 15) is 0 Å². The number of thiazole rings is 1. The zero-order chi connectivity index (χ0) is 31.4. The smallest absolute Gasteiger partial charge is 0.180 e. The van der Waals surface area contributed by atoms with Crippen LogP contribution in [-0.4, -0.2) is 19.5 Å². The van der Waals surface area contributed by atoms with Crippen molar-refractivity contribution in [3.8, 4) is 38.9 Å². The van der Waals surface area contributed by atoms with E-state index in [0.717, 1.165) is 49.4 Å². The van der Waals surface area contributed by atoms with Gasteiger partial charge in [-0.25, -0.2) is 4.98 Å². The van der Waals surface area contributed by atoms with Crippen molar-refractivity contribution in [3.63, 3.8) is 0 Å². The molecule has 221 valence electrons. The summed E-state index contributed by atoms with van der Waals surface area (Å²) in [5.74, 6) is 0.866. The van der Waals surface area contributed by atoms with Crippen molar-refractivity contribution in [2.24, 2.45) is 5.41 Å². The predicted octanol–water partition coefficient (Wildman–Crippen LogP) is 9.75. The number of nitrogens with zero attached hydrogens (tertiary/aromatic N) is 4. The quantitative estimate of drug-likeness (QED) is 0.164. The molecule has 7 aromatic rings. The third kappa shape index (κ3) is 7.46. The van der Waals surface area contributed by atoms with Gasteiger partial charge in [0.05, 0.1) is 5.82 Å². The van der Waals surface area contributed by atoms with Gasteiger partial charge in [0, 0.05) is 40.3 Å². The van der Waals surface area contributed by atoms with Crippen molar-refractivity contribution in [3.05, 3.63) is 145 Å². The molecule has 0 aliphatic carbocycles. The molecule has 0 unspecified atom stereocenters. The van der Waals surface area contributed by atoms with E-state index < -0.39 is 11.8 Å². The summed E-state index contributed by atoms with van der Waals surface area (Å²) in [4.78, 5) is 15.0. The second-order valence-corrected chi connectivity index (χ2v) is 12.0. The summed E-state index contributed by atoms with van der Waals surface area (Å²) in [6.45, 7) is 5.68. The Morgan fingerprint density at radius 3 is 1.98 bits per heavy atom. The number of fused-ring (bicyclic) bond motifs is 1. The van der Waals surface area contributed by atoms with Gasteiger partial charge in [-0.05, 0) is 35.2 Å². The molecule has 0 N–H and O–H groups in total. The summed E-state index contributed by atoms with van der Waals surface area (Å²) < 4.78 is 18.6. The van der Waals surface area contributed by atoms with E-state index in [1.165, 1.54) is 0 Å². The average molecular weight is 771 g/mol. The van der Waals surface area contributed by atoms with Gasteiger partial charge in [0.25, 0.3) is 0 Å². The van der Waals surface area contributed by atoms with E-state index >= 15 is 0 Å². The molecule has 0 bridgehead atoms. The van der Waals surface area contributed by atoms with Gasteiger partial charge in [0.15, 0.2) is 5.65 Å². The third-order valence-corrected chi connectivity index (χ3v) is 7.55. The fourth-order valence-corrected chi connectivity index (χ4v) is 5.65. The SMILES string of the molecule is [2H]C([2H])(c1ccc(-c2[c-]cccc2)nc1)C(C)(C)C.[Ir].[c-]1ccccc1-c1nc2nc(-c3ccccc3)sc2n1-c1ccccc1. The van der Waals surface area contributed by atoms with Crippen molar-refractivity contribution < 1.29 is 22.8 Å². The standard InChI is InChI=1S/C22H14N3S.C16H18N.Ir/c1-4-10-16(11-5-1)20-23-19-22(25(20)18-14-8-3-9-15-18)26-21(24-19)17-12-6-2-7-13-17;1-16(2,3)11-13-9-10-15(17-12-13)14-7-5-4-6-8-14;/h1-10,12-15H;4-7,9-10,12H,11H2,1-3H3;/q2*-1;/i;11D2;. The van der Waals surface area contributed by atoms with Crippen molar-refractivity contribution >= 4 is 21.8 Å². The molecule has 4 aromatic carbocycles. The Morgan fingerprint density at radius 2 is 1.39 bits per heavy atom. The van der Waals surface area contributed by atoms with Crippen molar-refractivity contribution in [1.82, 2.24) is 19.5 Å². The van der Waals surface area contributed by atoms with Crippen molar-refractivity contribution in [2.45, 2.75) is 27.1 Å². The number of hydrogen-bond acceptors (Lipinski definition) is 4. The first-order chi connectivity index (χ1) is 21.7. The Hall–Kier alpha value is -4.22. The fourth-order valence-electron chi connectivity index (χ4n) is 4.62. The normalized spacial score (nSPS) is 12.0. The maximum absolute atomic E-state index is 8.21. The number of benzene rings is 4. The van der Waals surface area contributed by atoms with Gasteiger partial charge in [0.2, 0.25) is 0 Å². The molecule has 3 heterocycles. The summed E-state index contributed by atoms with van der Waals surface area (Å²) in [5.41, 5.74) is 5.80. The minimum Gasteiger partial charge on any atom is -0.323 e. The van der Waals surface area contributed by atoms with Crippen LogP contribution in [0, 0.1) is 17.5 Å². The Morgan fingerprint density at radius 1 is 0.750 bits per heavy atom. The molecule has 0 saturated carbocycles. The zero-order valence-corrected chi connectivity index (χ0v) is 27.9. The van der Waals surface area contributed by atoms with E-state index in [1.54, 1.807) is 17.5 Å². The van der Waals surface area contributed by atoms with E-state index in [-0.39, 0.29) is 20.1 Å². The molecule has 4 nitrogen and oxygen atoms in total. The summed E-state index contributed by atoms with van der Waals surface area (Å²) in [6.07, 6.45) is 0.223. The Labute approximate surface area is 279 Å². The Bertz CT molecular complexity index is 1990. The number of pyridine rings is 1. The first-order valence-electron chi connectivity index (χ1n) is 15.1. The summed E-state index contributed by atoms with van der Waals surface area (Å²) in [7, 11) is 0. The maximum atomic E-state index is 8.21. The molecule has 0 amide bonds. The third-order valence-electron chi connectivity index (χ3n) is 6.47. The van der Waals surface area contributed by atoms with E-state index in [2.05, 4.69) is 45.9 Å². The number of para-hydroxylation sites is 1. The number of aromatic nitrogens is 4. The van der Waals surface area contributed by atoms with Gasteiger partial charge in [-0.15, -0.1) is 71.8 Å². The molecule has 0 fully saturated rings.